The Morgan fingerprint density at radius 3 is 2.29 bits per heavy atom. The van der Waals surface area contributed by atoms with Crippen LogP contribution >= 0.6 is 0 Å². The van der Waals surface area contributed by atoms with Crippen LogP contribution in [0.25, 0.3) is 0 Å². The van der Waals surface area contributed by atoms with Crippen LogP contribution in [0.4, 0.5) is 8.78 Å². The van der Waals surface area contributed by atoms with Gasteiger partial charge in [0.25, 0.3) is 5.91 Å². The second-order valence-electron chi connectivity index (χ2n) is 9.11. The minimum absolute atomic E-state index is 0.0745. The lowest BCUT2D eigenvalue weighted by atomic mass is 9.79. The fraction of sp³-hybridized carbons (Fsp3) is 0.524. The molecule has 1 heterocycles. The van der Waals surface area contributed by atoms with E-state index < -0.39 is 12.5 Å². The van der Waals surface area contributed by atoms with Gasteiger partial charge in [0, 0.05) is 25.0 Å². The zero-order valence-electron chi connectivity index (χ0n) is 17.5. The lowest BCUT2D eigenvalue weighted by Gasteiger charge is -2.28. The highest BCUT2D eigenvalue weighted by atomic mass is 19.3. The van der Waals surface area contributed by atoms with Crippen LogP contribution in [0.2, 0.25) is 0 Å². The molecule has 1 N–H and O–H groups in total. The van der Waals surface area contributed by atoms with E-state index in [2.05, 4.69) is 4.98 Å². The van der Waals surface area contributed by atoms with Crippen LogP contribution in [-0.4, -0.2) is 32.5 Å². The highest BCUT2D eigenvalue weighted by Crippen LogP contribution is 2.38. The number of nitrogens with zero attached hydrogens (tertiary/aromatic N) is 3. The van der Waals surface area contributed by atoms with Gasteiger partial charge in [0.1, 0.15) is 11.6 Å². The van der Waals surface area contributed by atoms with Crippen LogP contribution in [0.5, 0.6) is 5.75 Å². The smallest absolute Gasteiger partial charge is 0.319 e. The Morgan fingerprint density at radius 1 is 1.18 bits per heavy atom. The van der Waals surface area contributed by atoms with Crippen molar-refractivity contribution in [1.29, 1.82) is 0 Å². The molecule has 28 heavy (non-hydrogen) atoms. The molecule has 0 saturated heterocycles. The van der Waals surface area contributed by atoms with E-state index in [1.807, 2.05) is 47.6 Å². The molecule has 0 aliphatic carbocycles. The molecule has 1 amide bonds. The minimum atomic E-state index is -2.73. The van der Waals surface area contributed by atoms with Crippen molar-refractivity contribution < 1.29 is 18.7 Å². The maximum absolute atomic E-state index is 13.1. The van der Waals surface area contributed by atoms with E-state index in [9.17, 15) is 18.7 Å². The number of phenols is 1. The van der Waals surface area contributed by atoms with Gasteiger partial charge >= 0.3 is 6.55 Å². The zero-order valence-corrected chi connectivity index (χ0v) is 17.5. The number of carbonyl (C=O) groups is 1. The predicted molar refractivity (Wildman–Crippen MR) is 105 cm³/mol. The minimum Gasteiger partial charge on any atom is -0.507 e. The summed E-state index contributed by atoms with van der Waals surface area (Å²) in [5.41, 5.74) is 1.15. The van der Waals surface area contributed by atoms with Gasteiger partial charge < -0.3 is 10.0 Å². The lowest BCUT2D eigenvalue weighted by Crippen LogP contribution is -2.29. The van der Waals surface area contributed by atoms with E-state index in [1.54, 1.807) is 6.07 Å². The quantitative estimate of drug-likeness (QED) is 0.808. The van der Waals surface area contributed by atoms with Crippen molar-refractivity contribution in [3.05, 3.63) is 47.0 Å². The van der Waals surface area contributed by atoms with Gasteiger partial charge in [-0.15, -0.1) is 0 Å². The molecule has 154 valence electrons. The summed E-state index contributed by atoms with van der Waals surface area (Å²) >= 11 is 0. The number of carbonyl (C=O) groups excluding carboxylic acids is 1. The predicted octanol–water partition coefficient (Wildman–Crippen LogP) is 4.85. The molecule has 0 saturated carbocycles. The van der Waals surface area contributed by atoms with E-state index in [0.29, 0.717) is 5.56 Å². The molecule has 0 radical (unpaired) electrons. The molecular weight excluding hydrogens is 364 g/mol. The van der Waals surface area contributed by atoms with Crippen molar-refractivity contribution in [1.82, 2.24) is 14.5 Å². The van der Waals surface area contributed by atoms with E-state index >= 15 is 0 Å². The summed E-state index contributed by atoms with van der Waals surface area (Å²) in [6.45, 7) is 9.16. The molecule has 0 atom stereocenters. The number of amides is 1. The van der Waals surface area contributed by atoms with Gasteiger partial charge in [-0.25, -0.2) is 4.98 Å². The molecule has 2 rings (SSSR count). The Hall–Kier alpha value is -2.44. The van der Waals surface area contributed by atoms with Gasteiger partial charge in [0.15, 0.2) is 0 Å². The second-order valence-corrected chi connectivity index (χ2v) is 9.11. The van der Waals surface area contributed by atoms with Gasteiger partial charge in [-0.1, -0.05) is 47.6 Å². The molecule has 1 aromatic carbocycles. The number of rotatable bonds is 4. The molecule has 0 spiro atoms. The Bertz CT molecular complexity index is 862. The second kappa shape index (κ2) is 7.53. The average molecular weight is 393 g/mol. The van der Waals surface area contributed by atoms with Gasteiger partial charge in [-0.2, -0.15) is 8.78 Å². The standard InChI is InChI=1S/C21H29F2N3O2/c1-20(2,3)13-10-14(17(27)15(11-13)21(4,5)6)18(28)25(7)12-16-24-8-9-26(16)19(22)23/h8-11,19,27H,12H2,1-7H3. The summed E-state index contributed by atoms with van der Waals surface area (Å²) < 4.78 is 26.8. The van der Waals surface area contributed by atoms with Crippen molar-refractivity contribution in [3.8, 4) is 5.75 Å². The average Bonchev–Trinajstić information content (AvgIpc) is 3.00. The highest BCUT2D eigenvalue weighted by molar-refractivity contribution is 5.97. The number of hydrogen-bond acceptors (Lipinski definition) is 3. The first-order chi connectivity index (χ1) is 12.7. The largest absolute Gasteiger partial charge is 0.507 e. The normalized spacial score (nSPS) is 12.5. The van der Waals surface area contributed by atoms with Crippen molar-refractivity contribution >= 4 is 5.91 Å². The maximum atomic E-state index is 13.1. The van der Waals surface area contributed by atoms with Crippen LogP contribution in [0.1, 0.15) is 75.4 Å². The number of aromatic hydroxyl groups is 1. The number of halogens is 2. The number of alkyl halides is 2. The molecular formula is C21H29F2N3O2. The van der Waals surface area contributed by atoms with Crippen molar-refractivity contribution in [2.45, 2.75) is 65.5 Å². The number of phenolic OH excluding ortho intramolecular Hbond substituents is 1. The molecule has 0 bridgehead atoms. The molecule has 0 fully saturated rings. The molecule has 0 aliphatic heterocycles. The van der Waals surface area contributed by atoms with E-state index in [1.165, 1.54) is 24.3 Å². The Balaban J connectivity index is 2.47. The first-order valence-electron chi connectivity index (χ1n) is 9.16. The first kappa shape index (κ1) is 21.9. The molecule has 5 nitrogen and oxygen atoms in total. The van der Waals surface area contributed by atoms with Crippen LogP contribution < -0.4 is 0 Å². The van der Waals surface area contributed by atoms with Gasteiger partial charge in [0.05, 0.1) is 12.1 Å². The van der Waals surface area contributed by atoms with E-state index in [4.69, 9.17) is 0 Å². The fourth-order valence-corrected chi connectivity index (χ4v) is 2.94. The summed E-state index contributed by atoms with van der Waals surface area (Å²) in [5, 5.41) is 10.8. The van der Waals surface area contributed by atoms with Crippen LogP contribution in [0.15, 0.2) is 24.5 Å². The van der Waals surface area contributed by atoms with E-state index in [0.717, 1.165) is 10.1 Å². The Kier molecular flexibility index (Phi) is 5.87. The summed E-state index contributed by atoms with van der Waals surface area (Å²) in [5.74, 6) is -0.444. The third-order valence-corrected chi connectivity index (χ3v) is 4.70. The molecule has 0 aliphatic rings. The number of benzene rings is 1. The SMILES string of the molecule is CN(Cc1nccn1C(F)F)C(=O)c1cc(C(C)(C)C)cc(C(C)(C)C)c1O. The summed E-state index contributed by atoms with van der Waals surface area (Å²) in [7, 11) is 1.51. The topological polar surface area (TPSA) is 58.4 Å². The molecule has 2 aromatic rings. The van der Waals surface area contributed by atoms with Crippen molar-refractivity contribution in [2.24, 2.45) is 0 Å². The van der Waals surface area contributed by atoms with Gasteiger partial charge in [0.2, 0.25) is 0 Å². The summed E-state index contributed by atoms with van der Waals surface area (Å²) in [4.78, 5) is 18.3. The molecule has 1 aromatic heterocycles. The van der Waals surface area contributed by atoms with Crippen LogP contribution in [-0.2, 0) is 17.4 Å². The monoisotopic (exact) mass is 393 g/mol. The number of aromatic nitrogens is 2. The zero-order chi connectivity index (χ0) is 21.4. The van der Waals surface area contributed by atoms with Crippen LogP contribution in [0.3, 0.4) is 0 Å². The van der Waals surface area contributed by atoms with E-state index in [-0.39, 0.29) is 34.5 Å². The summed E-state index contributed by atoms with van der Waals surface area (Å²) in [6, 6.07) is 3.61. The van der Waals surface area contributed by atoms with Crippen molar-refractivity contribution in [3.63, 3.8) is 0 Å². The third kappa shape index (κ3) is 4.51. The highest BCUT2D eigenvalue weighted by Gasteiger charge is 2.28. The Morgan fingerprint density at radius 2 is 1.79 bits per heavy atom. The third-order valence-electron chi connectivity index (χ3n) is 4.70. The van der Waals surface area contributed by atoms with Crippen molar-refractivity contribution in [2.75, 3.05) is 7.05 Å². The van der Waals surface area contributed by atoms with Crippen LogP contribution in [0, 0.1) is 0 Å². The number of hydrogen-bond donors (Lipinski definition) is 1. The Labute approximate surface area is 165 Å². The summed E-state index contributed by atoms with van der Waals surface area (Å²) in [6.07, 6.45) is 2.45. The first-order valence-corrected chi connectivity index (χ1v) is 9.16. The molecule has 0 unspecified atom stereocenters. The number of imidazole rings is 1. The van der Waals surface area contributed by atoms with Gasteiger partial charge in [-0.05, 0) is 22.5 Å². The maximum Gasteiger partial charge on any atom is 0.319 e. The van der Waals surface area contributed by atoms with Gasteiger partial charge in [-0.3, -0.25) is 9.36 Å². The fourth-order valence-electron chi connectivity index (χ4n) is 2.94. The molecule has 7 heteroatoms. The lowest BCUT2D eigenvalue weighted by molar-refractivity contribution is 0.0611.